The Bertz CT molecular complexity index is 994. The fourth-order valence-corrected chi connectivity index (χ4v) is 17.9. The third kappa shape index (κ3) is 7.18. The van der Waals surface area contributed by atoms with Crippen LogP contribution in [0.4, 0.5) is 0 Å². The van der Waals surface area contributed by atoms with E-state index in [9.17, 15) is 10.5 Å². The van der Waals surface area contributed by atoms with Gasteiger partial charge in [0, 0.05) is 0 Å². The Kier molecular flexibility index (Phi) is 11.9. The van der Waals surface area contributed by atoms with Gasteiger partial charge in [-0.2, -0.15) is 10.5 Å². The van der Waals surface area contributed by atoms with Gasteiger partial charge in [0.1, 0.15) is 21.9 Å². The third-order valence-electron chi connectivity index (χ3n) is 4.54. The first kappa shape index (κ1) is 28.2. The third-order valence-corrected chi connectivity index (χ3v) is 19.3. The molecule has 0 radical (unpaired) electrons. The van der Waals surface area contributed by atoms with Crippen molar-refractivity contribution in [2.75, 3.05) is 11.5 Å². The van der Waals surface area contributed by atoms with E-state index >= 15 is 0 Å². The van der Waals surface area contributed by atoms with Crippen molar-refractivity contribution in [1.29, 1.82) is 10.5 Å². The molecule has 0 saturated heterocycles. The molecule has 0 aromatic heterocycles. The summed E-state index contributed by atoms with van der Waals surface area (Å²) in [6.07, 6.45) is 7.78. The van der Waals surface area contributed by atoms with Crippen molar-refractivity contribution in [2.24, 2.45) is 0 Å². The Morgan fingerprint density at radius 3 is 1.24 bits per heavy atom. The van der Waals surface area contributed by atoms with E-state index in [1.807, 2.05) is 47.0 Å². The zero-order valence-corrected chi connectivity index (χ0v) is 26.8. The minimum atomic E-state index is 0.532. The molecule has 0 N–H and O–H groups in total. The molecule has 4 rings (SSSR count). The largest absolute Gasteiger partial charge is 0.192 e. The molecule has 0 atom stereocenters. The molecule has 180 valence electrons. The standard InChI is InChI=1S/C22H22N2S10/c1-3-5-7-9-25-15-16(26-10-8-6-4-2)30-19(29-15)20-33-21-22(34-20)32-18(31-21)17-27-13(11-23)14(12-24)28-17/h3-10H2,1-2H3. The number of nitrogens with zero attached hydrogens (tertiary/aromatic N) is 2. The summed E-state index contributed by atoms with van der Waals surface area (Å²) in [6.45, 7) is 4.54. The van der Waals surface area contributed by atoms with Crippen LogP contribution in [0, 0.1) is 22.7 Å². The van der Waals surface area contributed by atoms with Crippen LogP contribution in [0.5, 0.6) is 0 Å². The van der Waals surface area contributed by atoms with E-state index < -0.39 is 0 Å². The monoisotopic (exact) mass is 634 g/mol. The van der Waals surface area contributed by atoms with Crippen LogP contribution in [0.15, 0.2) is 43.7 Å². The molecule has 4 aliphatic rings. The van der Waals surface area contributed by atoms with E-state index in [1.165, 1.54) is 103 Å². The molecule has 0 bridgehead atoms. The fourth-order valence-electron chi connectivity index (χ4n) is 2.85. The van der Waals surface area contributed by atoms with Gasteiger partial charge in [-0.15, -0.1) is 23.5 Å². The first-order chi connectivity index (χ1) is 16.7. The van der Waals surface area contributed by atoms with Gasteiger partial charge in [-0.1, -0.05) is 134 Å². The maximum Gasteiger partial charge on any atom is 0.115 e. The molecule has 0 fully saturated rings. The quantitative estimate of drug-likeness (QED) is 0.215. The normalized spacial score (nSPS) is 20.2. The number of hydrogen-bond acceptors (Lipinski definition) is 12. The first-order valence-electron chi connectivity index (χ1n) is 10.9. The molecule has 2 nitrogen and oxygen atoms in total. The molecule has 0 aromatic rings. The molecule has 12 heteroatoms. The molecular weight excluding hydrogens is 613 g/mol. The Morgan fingerprint density at radius 1 is 0.529 bits per heavy atom. The molecular formula is C22H22N2S10. The van der Waals surface area contributed by atoms with Crippen LogP contribution in [0.2, 0.25) is 0 Å². The lowest BCUT2D eigenvalue weighted by Crippen LogP contribution is -1.82. The molecule has 4 heterocycles. The summed E-state index contributed by atoms with van der Waals surface area (Å²) in [6, 6.07) is 4.33. The Morgan fingerprint density at radius 2 is 0.882 bits per heavy atom. The average Bonchev–Trinajstić information content (AvgIpc) is 3.60. The van der Waals surface area contributed by atoms with E-state index in [2.05, 4.69) is 49.5 Å². The smallest absolute Gasteiger partial charge is 0.115 e. The highest BCUT2D eigenvalue weighted by Crippen LogP contribution is 2.72. The minimum Gasteiger partial charge on any atom is -0.192 e. The van der Waals surface area contributed by atoms with Crippen LogP contribution in [0.1, 0.15) is 52.4 Å². The summed E-state index contributed by atoms with van der Waals surface area (Å²) in [7, 11) is 0. The second kappa shape index (κ2) is 14.4. The molecule has 0 aromatic carbocycles. The fraction of sp³-hybridized carbons (Fsp3) is 0.455. The molecule has 0 aliphatic carbocycles. The van der Waals surface area contributed by atoms with Gasteiger partial charge in [-0.25, -0.2) is 0 Å². The van der Waals surface area contributed by atoms with Crippen LogP contribution >= 0.6 is 118 Å². The van der Waals surface area contributed by atoms with Crippen molar-refractivity contribution in [3.8, 4) is 12.1 Å². The Labute approximate surface area is 245 Å². The molecule has 4 aliphatic heterocycles. The van der Waals surface area contributed by atoms with E-state index in [1.54, 1.807) is 23.5 Å². The lowest BCUT2D eigenvalue weighted by atomic mass is 10.3. The van der Waals surface area contributed by atoms with Gasteiger partial charge in [-0.05, 0) is 24.3 Å². The summed E-state index contributed by atoms with van der Waals surface area (Å²) >= 11 is 18.4. The average molecular weight is 635 g/mol. The number of rotatable bonds is 10. The molecule has 34 heavy (non-hydrogen) atoms. The predicted octanol–water partition coefficient (Wildman–Crippen LogP) is 11.5. The second-order valence-corrected chi connectivity index (χ2v) is 19.6. The van der Waals surface area contributed by atoms with Crippen LogP contribution < -0.4 is 0 Å². The maximum absolute atomic E-state index is 9.28. The zero-order chi connectivity index (χ0) is 23.9. The number of allylic oxidation sites excluding steroid dienone is 2. The van der Waals surface area contributed by atoms with Crippen LogP contribution in [0.3, 0.4) is 0 Å². The summed E-state index contributed by atoms with van der Waals surface area (Å²) < 4.78 is 10.9. The summed E-state index contributed by atoms with van der Waals surface area (Å²) in [5, 5.41) is 18.6. The van der Waals surface area contributed by atoms with E-state index in [0.29, 0.717) is 9.81 Å². The SMILES string of the molecule is CCCCCSC1=C(SCCCCC)SC(=C2SC3=C(SC(=C4SC(C#N)=C(C#N)S4)S3)S2)S1. The summed E-state index contributed by atoms with van der Waals surface area (Å²) in [5.41, 5.74) is 0. The van der Waals surface area contributed by atoms with Crippen molar-refractivity contribution >= 4 is 118 Å². The molecule has 0 spiro atoms. The van der Waals surface area contributed by atoms with Crippen molar-refractivity contribution in [2.45, 2.75) is 52.4 Å². The van der Waals surface area contributed by atoms with Gasteiger partial charge >= 0.3 is 0 Å². The van der Waals surface area contributed by atoms with Gasteiger partial charge in [0.2, 0.25) is 0 Å². The van der Waals surface area contributed by atoms with Crippen LogP contribution in [-0.2, 0) is 0 Å². The van der Waals surface area contributed by atoms with Crippen molar-refractivity contribution in [1.82, 2.24) is 0 Å². The predicted molar refractivity (Wildman–Crippen MR) is 171 cm³/mol. The lowest BCUT2D eigenvalue weighted by Gasteiger charge is -2.07. The Hall–Kier alpha value is 1.18. The molecule has 0 unspecified atom stereocenters. The molecule has 0 saturated carbocycles. The lowest BCUT2D eigenvalue weighted by molar-refractivity contribution is 0.779. The number of nitriles is 2. The van der Waals surface area contributed by atoms with Crippen LogP contribution in [0.25, 0.3) is 0 Å². The second-order valence-electron chi connectivity index (χ2n) is 7.11. The van der Waals surface area contributed by atoms with Crippen molar-refractivity contribution in [3.05, 3.63) is 43.7 Å². The van der Waals surface area contributed by atoms with Crippen molar-refractivity contribution < 1.29 is 0 Å². The number of unbranched alkanes of at least 4 members (excludes halogenated alkanes) is 4. The van der Waals surface area contributed by atoms with E-state index in [4.69, 9.17) is 0 Å². The van der Waals surface area contributed by atoms with Gasteiger partial charge in [0.05, 0.1) is 33.9 Å². The first-order valence-corrected chi connectivity index (χ1v) is 19.4. The van der Waals surface area contributed by atoms with Crippen molar-refractivity contribution in [3.63, 3.8) is 0 Å². The van der Waals surface area contributed by atoms with E-state index in [-0.39, 0.29) is 0 Å². The van der Waals surface area contributed by atoms with Crippen LogP contribution in [-0.4, -0.2) is 11.5 Å². The maximum atomic E-state index is 9.28. The Balaban J connectivity index is 1.37. The van der Waals surface area contributed by atoms with Gasteiger partial charge in [0.25, 0.3) is 0 Å². The highest BCUT2D eigenvalue weighted by molar-refractivity contribution is 8.50. The summed E-state index contributed by atoms with van der Waals surface area (Å²) in [5.74, 6) is 2.43. The molecule has 0 amide bonds. The number of thioether (sulfide) groups is 10. The highest BCUT2D eigenvalue weighted by atomic mass is 32.3. The zero-order valence-electron chi connectivity index (χ0n) is 18.6. The number of hydrogen-bond donors (Lipinski definition) is 0. The van der Waals surface area contributed by atoms with E-state index in [0.717, 1.165) is 4.24 Å². The highest BCUT2D eigenvalue weighted by Gasteiger charge is 2.37. The summed E-state index contributed by atoms with van der Waals surface area (Å²) in [4.78, 5) is 1.06. The van der Waals surface area contributed by atoms with Gasteiger partial charge in [-0.3, -0.25) is 0 Å². The minimum absolute atomic E-state index is 0.532. The van der Waals surface area contributed by atoms with Gasteiger partial charge in [0.15, 0.2) is 0 Å². The van der Waals surface area contributed by atoms with Gasteiger partial charge < -0.3 is 0 Å². The topological polar surface area (TPSA) is 47.6 Å².